The molecule has 0 aliphatic rings. The first kappa shape index (κ1) is 18.8. The van der Waals surface area contributed by atoms with Gasteiger partial charge in [0.2, 0.25) is 0 Å². The number of aliphatic hydroxyl groups excluding tert-OH is 5. The van der Waals surface area contributed by atoms with Crippen LogP contribution in [0.2, 0.25) is 0 Å². The number of hydrogen-bond acceptors (Lipinski definition) is 9. The van der Waals surface area contributed by atoms with Gasteiger partial charge in [-0.05, 0) is 6.07 Å². The first-order valence-electron chi connectivity index (χ1n) is 7.25. The average molecular weight is 351 g/mol. The Morgan fingerprint density at radius 1 is 1.04 bits per heavy atom. The third-order valence-electron chi connectivity index (χ3n) is 3.52. The van der Waals surface area contributed by atoms with Gasteiger partial charge < -0.3 is 25.5 Å². The second kappa shape index (κ2) is 8.05. The zero-order valence-electron chi connectivity index (χ0n) is 12.9. The van der Waals surface area contributed by atoms with Crippen molar-refractivity contribution in [1.29, 1.82) is 0 Å². The number of para-hydroxylation sites is 1. The molecule has 1 heterocycles. The minimum Gasteiger partial charge on any atom is -0.394 e. The van der Waals surface area contributed by atoms with Crippen molar-refractivity contribution >= 4 is 22.7 Å². The van der Waals surface area contributed by atoms with Gasteiger partial charge in [-0.3, -0.25) is 14.9 Å². The molecule has 1 aromatic heterocycles. The third kappa shape index (κ3) is 4.13. The molecular formula is C15H17N3O7. The van der Waals surface area contributed by atoms with Crippen molar-refractivity contribution < 1.29 is 35.1 Å². The van der Waals surface area contributed by atoms with E-state index in [4.69, 9.17) is 5.11 Å². The molecule has 1 aromatic carbocycles. The number of nitrogens with zero attached hydrogens (tertiary/aromatic N) is 2. The topological polar surface area (TPSA) is 173 Å². The highest BCUT2D eigenvalue weighted by Crippen LogP contribution is 2.14. The quantitative estimate of drug-likeness (QED) is 0.324. The minimum absolute atomic E-state index is 0.114. The maximum Gasteiger partial charge on any atom is 0.277 e. The highest BCUT2D eigenvalue weighted by molar-refractivity contribution is 6.10. The number of benzene rings is 1. The van der Waals surface area contributed by atoms with Crippen molar-refractivity contribution in [3.8, 4) is 0 Å². The smallest absolute Gasteiger partial charge is 0.277 e. The number of amides is 2. The van der Waals surface area contributed by atoms with Gasteiger partial charge in [0.1, 0.15) is 30.3 Å². The molecule has 0 saturated carbocycles. The average Bonchev–Trinajstić information content (AvgIpc) is 2.64. The van der Waals surface area contributed by atoms with Crippen LogP contribution >= 0.6 is 0 Å². The molecule has 0 radical (unpaired) electrons. The SMILES string of the molecule is O=C(NC(=O)C(O)C(O)C(O)C(O)CO)c1ncnc2ccccc12. The fourth-order valence-corrected chi connectivity index (χ4v) is 2.11. The van der Waals surface area contributed by atoms with Gasteiger partial charge in [-0.2, -0.15) is 0 Å². The maximum atomic E-state index is 12.2. The first-order chi connectivity index (χ1) is 11.9. The lowest BCUT2D eigenvalue weighted by atomic mass is 10.0. The number of aromatic nitrogens is 2. The molecule has 0 fully saturated rings. The molecule has 0 aliphatic heterocycles. The highest BCUT2D eigenvalue weighted by Gasteiger charge is 2.35. The molecule has 6 N–H and O–H groups in total. The second-order valence-electron chi connectivity index (χ2n) is 5.23. The zero-order chi connectivity index (χ0) is 18.6. The summed E-state index contributed by atoms with van der Waals surface area (Å²) < 4.78 is 0. The number of carbonyl (C=O) groups is 2. The molecule has 2 amide bonds. The van der Waals surface area contributed by atoms with E-state index in [0.29, 0.717) is 10.9 Å². The van der Waals surface area contributed by atoms with Crippen LogP contribution in [0.25, 0.3) is 10.9 Å². The monoisotopic (exact) mass is 351 g/mol. The third-order valence-corrected chi connectivity index (χ3v) is 3.52. The van der Waals surface area contributed by atoms with Gasteiger partial charge in [0, 0.05) is 5.39 Å². The summed E-state index contributed by atoms with van der Waals surface area (Å²) in [7, 11) is 0. The summed E-state index contributed by atoms with van der Waals surface area (Å²) in [6, 6.07) is 6.56. The van der Waals surface area contributed by atoms with E-state index in [1.165, 1.54) is 0 Å². The number of nitrogens with one attached hydrogen (secondary N) is 1. The van der Waals surface area contributed by atoms with Gasteiger partial charge in [-0.25, -0.2) is 9.97 Å². The van der Waals surface area contributed by atoms with Crippen LogP contribution in [0, 0.1) is 0 Å². The Labute approximate surface area is 141 Å². The van der Waals surface area contributed by atoms with Crippen LogP contribution in [0.1, 0.15) is 10.5 Å². The van der Waals surface area contributed by atoms with Gasteiger partial charge in [0.15, 0.2) is 6.10 Å². The summed E-state index contributed by atoms with van der Waals surface area (Å²) >= 11 is 0. The Balaban J connectivity index is 2.12. The lowest BCUT2D eigenvalue weighted by Gasteiger charge is -2.24. The molecule has 4 unspecified atom stereocenters. The number of hydrogen-bond donors (Lipinski definition) is 6. The van der Waals surface area contributed by atoms with Crippen LogP contribution in [0.5, 0.6) is 0 Å². The fraction of sp³-hybridized carbons (Fsp3) is 0.333. The maximum absolute atomic E-state index is 12.2. The minimum atomic E-state index is -2.21. The number of carbonyl (C=O) groups excluding carboxylic acids is 2. The summed E-state index contributed by atoms with van der Waals surface area (Å²) in [5.41, 5.74) is 0.355. The van der Waals surface area contributed by atoms with Crippen molar-refractivity contribution in [1.82, 2.24) is 15.3 Å². The molecule has 134 valence electrons. The van der Waals surface area contributed by atoms with Crippen molar-refractivity contribution in [2.24, 2.45) is 0 Å². The largest absolute Gasteiger partial charge is 0.394 e. The molecule has 2 rings (SSSR count). The Kier molecular flexibility index (Phi) is 6.07. The van der Waals surface area contributed by atoms with Crippen LogP contribution in [0.4, 0.5) is 0 Å². The van der Waals surface area contributed by atoms with E-state index in [0.717, 1.165) is 6.33 Å². The predicted molar refractivity (Wildman–Crippen MR) is 83.1 cm³/mol. The molecule has 10 heteroatoms. The van der Waals surface area contributed by atoms with E-state index in [1.807, 2.05) is 5.32 Å². The molecule has 0 aliphatic carbocycles. The van der Waals surface area contributed by atoms with E-state index in [9.17, 15) is 30.0 Å². The lowest BCUT2D eigenvalue weighted by molar-refractivity contribution is -0.148. The molecule has 0 spiro atoms. The molecular weight excluding hydrogens is 334 g/mol. The van der Waals surface area contributed by atoms with E-state index in [2.05, 4.69) is 9.97 Å². The van der Waals surface area contributed by atoms with Gasteiger partial charge in [0.25, 0.3) is 11.8 Å². The fourth-order valence-electron chi connectivity index (χ4n) is 2.11. The molecule has 10 nitrogen and oxygen atoms in total. The van der Waals surface area contributed by atoms with Crippen molar-refractivity contribution in [2.45, 2.75) is 24.4 Å². The molecule has 2 aromatic rings. The van der Waals surface area contributed by atoms with Gasteiger partial charge in [-0.1, -0.05) is 18.2 Å². The van der Waals surface area contributed by atoms with Crippen molar-refractivity contribution in [3.05, 3.63) is 36.3 Å². The second-order valence-corrected chi connectivity index (χ2v) is 5.23. The molecule has 4 atom stereocenters. The van der Waals surface area contributed by atoms with Crippen LogP contribution in [0.15, 0.2) is 30.6 Å². The van der Waals surface area contributed by atoms with Crippen molar-refractivity contribution in [3.63, 3.8) is 0 Å². The Morgan fingerprint density at radius 3 is 2.40 bits per heavy atom. The van der Waals surface area contributed by atoms with Gasteiger partial charge in [0.05, 0.1) is 12.1 Å². The Morgan fingerprint density at radius 2 is 1.72 bits per heavy atom. The summed E-state index contributed by atoms with van der Waals surface area (Å²) in [5.74, 6) is -2.24. The standard InChI is InChI=1S/C15H17N3O7/c19-5-9(20)11(21)12(22)13(23)15(25)18-14(24)10-7-3-1-2-4-8(7)16-6-17-10/h1-4,6,9,11-13,19-23H,5H2,(H,18,24,25). The first-order valence-corrected chi connectivity index (χ1v) is 7.25. The number of rotatable bonds is 6. The summed E-state index contributed by atoms with van der Waals surface area (Å²) in [6.45, 7) is -0.890. The van der Waals surface area contributed by atoms with E-state index < -0.39 is 42.8 Å². The number of fused-ring (bicyclic) bond motifs is 1. The molecule has 25 heavy (non-hydrogen) atoms. The van der Waals surface area contributed by atoms with E-state index in [1.54, 1.807) is 24.3 Å². The molecule has 0 saturated heterocycles. The van der Waals surface area contributed by atoms with Crippen LogP contribution < -0.4 is 5.32 Å². The van der Waals surface area contributed by atoms with Crippen LogP contribution in [-0.2, 0) is 4.79 Å². The Hall–Kier alpha value is -2.50. The van der Waals surface area contributed by atoms with Gasteiger partial charge >= 0.3 is 0 Å². The predicted octanol–water partition coefficient (Wildman–Crippen LogP) is -2.68. The normalized spacial score (nSPS) is 16.0. The summed E-state index contributed by atoms with van der Waals surface area (Å²) in [5, 5.41) is 49.0. The highest BCUT2D eigenvalue weighted by atomic mass is 16.4. The van der Waals surface area contributed by atoms with Gasteiger partial charge in [-0.15, -0.1) is 0 Å². The summed E-state index contributed by atoms with van der Waals surface area (Å²) in [6.07, 6.45) is -6.95. The molecule has 0 bridgehead atoms. The van der Waals surface area contributed by atoms with E-state index in [-0.39, 0.29) is 5.69 Å². The van der Waals surface area contributed by atoms with Crippen LogP contribution in [-0.4, -0.2) is 78.3 Å². The van der Waals surface area contributed by atoms with Crippen molar-refractivity contribution in [2.75, 3.05) is 6.61 Å². The lowest BCUT2D eigenvalue weighted by Crippen LogP contribution is -2.52. The number of imide groups is 1. The zero-order valence-corrected chi connectivity index (χ0v) is 12.9. The number of aliphatic hydroxyl groups is 5. The summed E-state index contributed by atoms with van der Waals surface area (Å²) in [4.78, 5) is 31.8. The van der Waals surface area contributed by atoms with Crippen LogP contribution in [0.3, 0.4) is 0 Å². The Bertz CT molecular complexity index is 764. The van der Waals surface area contributed by atoms with E-state index >= 15 is 0 Å².